The van der Waals surface area contributed by atoms with E-state index < -0.39 is 6.04 Å². The first-order valence-electron chi connectivity index (χ1n) is 8.61. The lowest BCUT2D eigenvalue weighted by Gasteiger charge is -2.34. The van der Waals surface area contributed by atoms with Gasteiger partial charge in [-0.25, -0.2) is 4.98 Å². The lowest BCUT2D eigenvalue weighted by atomic mass is 10.1. The monoisotopic (exact) mass is 447 g/mol. The van der Waals surface area contributed by atoms with Crippen molar-refractivity contribution in [3.63, 3.8) is 0 Å². The van der Waals surface area contributed by atoms with Gasteiger partial charge in [0.25, 0.3) is 0 Å². The van der Waals surface area contributed by atoms with Crippen LogP contribution in [0.4, 0.5) is 5.82 Å². The minimum Gasteiger partial charge on any atom is -0.354 e. The van der Waals surface area contributed by atoms with Gasteiger partial charge in [0.15, 0.2) is 0 Å². The topological polar surface area (TPSA) is 74.5 Å². The molecule has 1 aromatic carbocycles. The Kier molecular flexibility index (Phi) is 12.1. The highest BCUT2D eigenvalue weighted by atomic mass is 35.5. The van der Waals surface area contributed by atoms with Crippen LogP contribution < -0.4 is 16.0 Å². The van der Waals surface area contributed by atoms with Crippen LogP contribution in [0.1, 0.15) is 17.2 Å². The summed E-state index contributed by atoms with van der Waals surface area (Å²) in [5.41, 5.74) is 7.88. The smallest absolute Gasteiger partial charge is 0.241 e. The van der Waals surface area contributed by atoms with Crippen LogP contribution in [0.3, 0.4) is 0 Å². The molecule has 3 rings (SSSR count). The van der Waals surface area contributed by atoms with Gasteiger partial charge in [-0.05, 0) is 18.7 Å². The van der Waals surface area contributed by atoms with Crippen LogP contribution in [0.15, 0.2) is 48.7 Å². The molecule has 2 aromatic rings. The third-order valence-electron chi connectivity index (χ3n) is 4.56. The zero-order chi connectivity index (χ0) is 17.6. The minimum atomic E-state index is -0.662. The number of anilines is 1. The molecule has 9 heteroatoms. The number of benzene rings is 1. The molecule has 3 N–H and O–H groups in total. The van der Waals surface area contributed by atoms with E-state index >= 15 is 0 Å². The van der Waals surface area contributed by atoms with Gasteiger partial charge in [0.05, 0.1) is 0 Å². The molecule has 0 spiro atoms. The van der Waals surface area contributed by atoms with Gasteiger partial charge in [-0.2, -0.15) is 0 Å². The molecule has 0 radical (unpaired) electrons. The molecule has 2 heterocycles. The van der Waals surface area contributed by atoms with Crippen molar-refractivity contribution in [1.82, 2.24) is 15.2 Å². The van der Waals surface area contributed by atoms with Gasteiger partial charge < -0.3 is 20.9 Å². The van der Waals surface area contributed by atoms with Crippen molar-refractivity contribution >= 4 is 48.9 Å². The Hall–Kier alpha value is -1.57. The molecule has 1 aliphatic rings. The molecule has 1 atom stereocenters. The van der Waals surface area contributed by atoms with Gasteiger partial charge in [-0.3, -0.25) is 4.79 Å². The summed E-state index contributed by atoms with van der Waals surface area (Å²) in [6, 6.07) is 12.7. The van der Waals surface area contributed by atoms with Crippen LogP contribution in [0.2, 0.25) is 0 Å². The fraction of sp³-hybridized carbons (Fsp3) is 0.368. The van der Waals surface area contributed by atoms with Crippen molar-refractivity contribution < 1.29 is 4.79 Å². The molecule has 28 heavy (non-hydrogen) atoms. The summed E-state index contributed by atoms with van der Waals surface area (Å²) in [6.45, 7) is 4.34. The van der Waals surface area contributed by atoms with Crippen molar-refractivity contribution in [2.75, 3.05) is 38.1 Å². The number of carbonyl (C=O) groups is 1. The van der Waals surface area contributed by atoms with Crippen LogP contribution in [-0.4, -0.2) is 49.0 Å². The van der Waals surface area contributed by atoms with E-state index in [-0.39, 0.29) is 43.1 Å². The van der Waals surface area contributed by atoms with Crippen LogP contribution in [-0.2, 0) is 11.3 Å². The van der Waals surface area contributed by atoms with Crippen LogP contribution in [0, 0.1) is 0 Å². The van der Waals surface area contributed by atoms with E-state index in [4.69, 9.17) is 5.73 Å². The summed E-state index contributed by atoms with van der Waals surface area (Å²) in [5.74, 6) is 0.767. The second kappa shape index (κ2) is 12.8. The van der Waals surface area contributed by atoms with E-state index in [1.807, 2.05) is 42.5 Å². The van der Waals surface area contributed by atoms with Crippen molar-refractivity contribution in [2.24, 2.45) is 5.73 Å². The molecule has 1 unspecified atom stereocenters. The normalized spacial score (nSPS) is 14.7. The second-order valence-electron chi connectivity index (χ2n) is 6.38. The Morgan fingerprint density at radius 1 is 1.07 bits per heavy atom. The molecule has 0 bridgehead atoms. The molecular formula is C19H28Cl3N5O. The number of nitrogens with two attached hydrogens (primary N) is 1. The summed E-state index contributed by atoms with van der Waals surface area (Å²) in [7, 11) is 2.13. The molecule has 0 saturated carbocycles. The third-order valence-corrected chi connectivity index (χ3v) is 4.56. The molecule has 156 valence electrons. The fourth-order valence-electron chi connectivity index (χ4n) is 2.98. The standard InChI is InChI=1S/C19H25N5O.3ClH/c1-23-10-12-24(13-11-23)18-16(8-5-9-21-18)14-22-19(25)17(20)15-6-3-2-4-7-15;;;/h2-9,17H,10-14,20H2,1H3,(H,22,25);3*1H. The zero-order valence-electron chi connectivity index (χ0n) is 15.8. The average Bonchev–Trinajstić information content (AvgIpc) is 2.67. The highest BCUT2D eigenvalue weighted by Crippen LogP contribution is 2.19. The predicted octanol–water partition coefficient (Wildman–Crippen LogP) is 2.42. The van der Waals surface area contributed by atoms with Crippen molar-refractivity contribution in [3.8, 4) is 0 Å². The van der Waals surface area contributed by atoms with Gasteiger partial charge in [0.2, 0.25) is 5.91 Å². The Morgan fingerprint density at radius 3 is 2.36 bits per heavy atom. The first-order valence-corrected chi connectivity index (χ1v) is 8.61. The van der Waals surface area contributed by atoms with E-state index in [0.29, 0.717) is 6.54 Å². The average molecular weight is 449 g/mol. The number of likely N-dealkylation sites (N-methyl/N-ethyl adjacent to an activating group) is 1. The molecule has 1 amide bonds. The van der Waals surface area contributed by atoms with E-state index in [1.165, 1.54) is 0 Å². The number of rotatable bonds is 5. The maximum absolute atomic E-state index is 12.4. The second-order valence-corrected chi connectivity index (χ2v) is 6.38. The number of pyridine rings is 1. The molecule has 1 fully saturated rings. The quantitative estimate of drug-likeness (QED) is 0.735. The number of piperazine rings is 1. The van der Waals surface area contributed by atoms with E-state index in [2.05, 4.69) is 27.1 Å². The summed E-state index contributed by atoms with van der Waals surface area (Å²) < 4.78 is 0. The number of hydrogen-bond acceptors (Lipinski definition) is 5. The zero-order valence-corrected chi connectivity index (χ0v) is 18.2. The van der Waals surface area contributed by atoms with Gasteiger partial charge >= 0.3 is 0 Å². The lowest BCUT2D eigenvalue weighted by molar-refractivity contribution is -0.122. The van der Waals surface area contributed by atoms with E-state index in [0.717, 1.165) is 43.1 Å². The lowest BCUT2D eigenvalue weighted by Crippen LogP contribution is -2.45. The number of nitrogens with one attached hydrogen (secondary N) is 1. The Morgan fingerprint density at radius 2 is 1.71 bits per heavy atom. The summed E-state index contributed by atoms with van der Waals surface area (Å²) in [4.78, 5) is 21.5. The Bertz CT molecular complexity index is 712. The number of nitrogens with zero attached hydrogens (tertiary/aromatic N) is 3. The highest BCUT2D eigenvalue weighted by molar-refractivity contribution is 5.86. The molecule has 1 saturated heterocycles. The van der Waals surface area contributed by atoms with Gasteiger partial charge in [0.1, 0.15) is 11.9 Å². The van der Waals surface area contributed by atoms with E-state index in [9.17, 15) is 4.79 Å². The number of aromatic nitrogens is 1. The van der Waals surface area contributed by atoms with Crippen LogP contribution in [0.25, 0.3) is 0 Å². The maximum Gasteiger partial charge on any atom is 0.241 e. The Labute approximate surface area is 185 Å². The number of hydrogen-bond donors (Lipinski definition) is 2. The van der Waals surface area contributed by atoms with Gasteiger partial charge in [0, 0.05) is 44.5 Å². The van der Waals surface area contributed by atoms with Crippen LogP contribution in [0.5, 0.6) is 0 Å². The molecule has 1 aromatic heterocycles. The predicted molar refractivity (Wildman–Crippen MR) is 121 cm³/mol. The molecule has 1 aliphatic heterocycles. The molecular weight excluding hydrogens is 421 g/mol. The first kappa shape index (κ1) is 26.4. The number of amides is 1. The first-order chi connectivity index (χ1) is 12.1. The highest BCUT2D eigenvalue weighted by Gasteiger charge is 2.19. The summed E-state index contributed by atoms with van der Waals surface area (Å²) in [5, 5.41) is 2.94. The van der Waals surface area contributed by atoms with Crippen molar-refractivity contribution in [1.29, 1.82) is 0 Å². The summed E-state index contributed by atoms with van der Waals surface area (Å²) in [6.07, 6.45) is 1.80. The van der Waals surface area contributed by atoms with Gasteiger partial charge in [-0.15, -0.1) is 37.2 Å². The largest absolute Gasteiger partial charge is 0.354 e. The fourth-order valence-corrected chi connectivity index (χ4v) is 2.98. The van der Waals surface area contributed by atoms with E-state index in [1.54, 1.807) is 6.20 Å². The Balaban J connectivity index is 0.00000243. The number of halogens is 3. The molecule has 6 nitrogen and oxygen atoms in total. The van der Waals surface area contributed by atoms with Gasteiger partial charge in [-0.1, -0.05) is 36.4 Å². The van der Waals surface area contributed by atoms with Crippen molar-refractivity contribution in [3.05, 3.63) is 59.8 Å². The molecule has 0 aliphatic carbocycles. The van der Waals surface area contributed by atoms with Crippen LogP contribution >= 0.6 is 37.2 Å². The summed E-state index contributed by atoms with van der Waals surface area (Å²) >= 11 is 0. The third kappa shape index (κ3) is 6.79. The number of carbonyl (C=O) groups excluding carboxylic acids is 1. The SMILES string of the molecule is CN1CCN(c2ncccc2CNC(=O)C(N)c2ccccc2)CC1.Cl.Cl.Cl. The minimum absolute atomic E-state index is 0. The van der Waals surface area contributed by atoms with Crippen molar-refractivity contribution in [2.45, 2.75) is 12.6 Å². The maximum atomic E-state index is 12.4.